The second kappa shape index (κ2) is 9.32. The molecule has 1 aromatic carbocycles. The number of alkyl halides is 1. The van der Waals surface area contributed by atoms with Crippen LogP contribution in [0.4, 0.5) is 0 Å². The average Bonchev–Trinajstić information content (AvgIpc) is 2.38. The van der Waals surface area contributed by atoms with E-state index >= 15 is 0 Å². The van der Waals surface area contributed by atoms with Crippen molar-refractivity contribution in [3.05, 3.63) is 30.3 Å². The van der Waals surface area contributed by atoms with E-state index in [2.05, 4.69) is 12.2 Å². The Bertz CT molecular complexity index is 279. The normalized spacial score (nSPS) is 12.4. The van der Waals surface area contributed by atoms with Crippen LogP contribution in [0.3, 0.4) is 0 Å². The van der Waals surface area contributed by atoms with Crippen molar-refractivity contribution in [2.75, 3.05) is 25.6 Å². The molecule has 96 valence electrons. The van der Waals surface area contributed by atoms with Gasteiger partial charge in [0, 0.05) is 12.4 Å². The Morgan fingerprint density at radius 2 is 2.00 bits per heavy atom. The smallest absolute Gasteiger partial charge is 0.119 e. The van der Waals surface area contributed by atoms with Crippen molar-refractivity contribution in [2.45, 2.75) is 19.8 Å². The van der Waals surface area contributed by atoms with Crippen LogP contribution >= 0.6 is 11.6 Å². The van der Waals surface area contributed by atoms with Gasteiger partial charge >= 0.3 is 0 Å². The van der Waals surface area contributed by atoms with Crippen LogP contribution in [0.2, 0.25) is 0 Å². The third kappa shape index (κ3) is 7.24. The van der Waals surface area contributed by atoms with Gasteiger partial charge in [0.05, 0.1) is 0 Å². The van der Waals surface area contributed by atoms with Crippen LogP contribution < -0.4 is 10.1 Å². The highest BCUT2D eigenvalue weighted by atomic mass is 35.5. The van der Waals surface area contributed by atoms with Crippen molar-refractivity contribution in [1.29, 1.82) is 0 Å². The highest BCUT2D eigenvalue weighted by Crippen LogP contribution is 2.07. The average molecular weight is 256 g/mol. The summed E-state index contributed by atoms with van der Waals surface area (Å²) < 4.78 is 5.57. The molecular weight excluding hydrogens is 234 g/mol. The van der Waals surface area contributed by atoms with E-state index in [0.717, 1.165) is 31.3 Å². The molecule has 1 rings (SSSR count). The van der Waals surface area contributed by atoms with Crippen molar-refractivity contribution >= 4 is 11.6 Å². The fraction of sp³-hybridized carbons (Fsp3) is 0.571. The summed E-state index contributed by atoms with van der Waals surface area (Å²) in [5, 5.41) is 3.37. The fourth-order valence-corrected chi connectivity index (χ4v) is 1.69. The maximum atomic E-state index is 5.74. The maximum Gasteiger partial charge on any atom is 0.119 e. The van der Waals surface area contributed by atoms with Gasteiger partial charge in [-0.15, -0.1) is 11.6 Å². The lowest BCUT2D eigenvalue weighted by Crippen LogP contribution is -2.22. The molecule has 0 aromatic heterocycles. The second-order valence-electron chi connectivity index (χ2n) is 4.31. The molecule has 0 bridgehead atoms. The summed E-state index contributed by atoms with van der Waals surface area (Å²) in [5.41, 5.74) is 0. The summed E-state index contributed by atoms with van der Waals surface area (Å²) in [5.74, 6) is 2.32. The molecule has 1 atom stereocenters. The van der Waals surface area contributed by atoms with Gasteiger partial charge in [-0.05, 0) is 37.4 Å². The van der Waals surface area contributed by atoms with Crippen molar-refractivity contribution in [3.8, 4) is 5.75 Å². The summed E-state index contributed by atoms with van der Waals surface area (Å²) in [6, 6.07) is 9.90. The molecule has 0 aliphatic heterocycles. The minimum Gasteiger partial charge on any atom is -0.492 e. The molecule has 0 spiro atoms. The third-order valence-corrected chi connectivity index (χ3v) is 3.13. The number of para-hydroxylation sites is 1. The molecule has 0 aliphatic carbocycles. The highest BCUT2D eigenvalue weighted by Gasteiger charge is 1.98. The van der Waals surface area contributed by atoms with Crippen LogP contribution in [-0.4, -0.2) is 25.6 Å². The summed E-state index contributed by atoms with van der Waals surface area (Å²) >= 11 is 5.74. The lowest BCUT2D eigenvalue weighted by molar-refractivity contribution is 0.313. The minimum atomic E-state index is 0.624. The van der Waals surface area contributed by atoms with Crippen LogP contribution in [0, 0.1) is 5.92 Å². The number of nitrogens with one attached hydrogen (secondary N) is 1. The number of ether oxygens (including phenoxy) is 1. The number of rotatable bonds is 9. The molecule has 0 heterocycles. The van der Waals surface area contributed by atoms with Crippen LogP contribution in [-0.2, 0) is 0 Å². The number of halogens is 1. The highest BCUT2D eigenvalue weighted by molar-refractivity contribution is 6.18. The first-order valence-electron chi connectivity index (χ1n) is 6.27. The van der Waals surface area contributed by atoms with E-state index in [4.69, 9.17) is 16.3 Å². The molecule has 0 aliphatic rings. The van der Waals surface area contributed by atoms with Gasteiger partial charge in [-0.25, -0.2) is 0 Å². The van der Waals surface area contributed by atoms with E-state index in [9.17, 15) is 0 Å². The molecule has 2 nitrogen and oxygen atoms in total. The zero-order valence-corrected chi connectivity index (χ0v) is 11.2. The van der Waals surface area contributed by atoms with Crippen molar-refractivity contribution in [2.24, 2.45) is 5.92 Å². The number of hydrogen-bond acceptors (Lipinski definition) is 2. The summed E-state index contributed by atoms with van der Waals surface area (Å²) in [7, 11) is 0. The number of hydrogen-bond donors (Lipinski definition) is 1. The van der Waals surface area contributed by atoms with E-state index in [1.165, 1.54) is 12.8 Å². The van der Waals surface area contributed by atoms with Crippen molar-refractivity contribution in [3.63, 3.8) is 0 Å². The van der Waals surface area contributed by atoms with E-state index in [0.29, 0.717) is 5.92 Å². The molecule has 0 saturated carbocycles. The minimum absolute atomic E-state index is 0.624. The Hall–Kier alpha value is -0.730. The van der Waals surface area contributed by atoms with Crippen LogP contribution in [0.25, 0.3) is 0 Å². The summed E-state index contributed by atoms with van der Waals surface area (Å²) in [4.78, 5) is 0. The third-order valence-electron chi connectivity index (χ3n) is 2.60. The molecule has 1 aromatic rings. The van der Waals surface area contributed by atoms with Gasteiger partial charge in [-0.1, -0.05) is 25.1 Å². The van der Waals surface area contributed by atoms with E-state index < -0.39 is 0 Å². The van der Waals surface area contributed by atoms with Crippen LogP contribution in [0.1, 0.15) is 19.8 Å². The van der Waals surface area contributed by atoms with Crippen molar-refractivity contribution < 1.29 is 4.74 Å². The standard InChI is InChI=1S/C14H22ClNO/c1-13(12-15)6-5-9-16-10-11-17-14-7-3-2-4-8-14/h2-4,7-8,13,16H,5-6,9-12H2,1H3. The molecule has 0 radical (unpaired) electrons. The molecule has 0 fully saturated rings. The first-order valence-corrected chi connectivity index (χ1v) is 6.81. The Morgan fingerprint density at radius 1 is 1.24 bits per heavy atom. The Morgan fingerprint density at radius 3 is 2.71 bits per heavy atom. The quantitative estimate of drug-likeness (QED) is 0.540. The largest absolute Gasteiger partial charge is 0.492 e. The van der Waals surface area contributed by atoms with E-state index in [1.54, 1.807) is 0 Å². The first-order chi connectivity index (χ1) is 8.33. The van der Waals surface area contributed by atoms with Crippen LogP contribution in [0.5, 0.6) is 5.75 Å². The Labute approximate surface area is 109 Å². The van der Waals surface area contributed by atoms with E-state index in [1.807, 2.05) is 30.3 Å². The van der Waals surface area contributed by atoms with Gasteiger partial charge in [0.25, 0.3) is 0 Å². The summed E-state index contributed by atoms with van der Waals surface area (Å²) in [6.07, 6.45) is 2.37. The predicted molar refractivity (Wildman–Crippen MR) is 73.9 cm³/mol. The second-order valence-corrected chi connectivity index (χ2v) is 4.62. The molecule has 0 saturated heterocycles. The van der Waals surface area contributed by atoms with Gasteiger partial charge < -0.3 is 10.1 Å². The van der Waals surface area contributed by atoms with Gasteiger partial charge in [-0.3, -0.25) is 0 Å². The summed E-state index contributed by atoms with van der Waals surface area (Å²) in [6.45, 7) is 4.84. The van der Waals surface area contributed by atoms with Gasteiger partial charge in [0.2, 0.25) is 0 Å². The maximum absolute atomic E-state index is 5.74. The lowest BCUT2D eigenvalue weighted by atomic mass is 10.1. The van der Waals surface area contributed by atoms with Gasteiger partial charge in [-0.2, -0.15) is 0 Å². The SMILES string of the molecule is CC(CCl)CCCNCCOc1ccccc1. The van der Waals surface area contributed by atoms with Crippen molar-refractivity contribution in [1.82, 2.24) is 5.32 Å². The fourth-order valence-electron chi connectivity index (χ4n) is 1.54. The molecule has 0 amide bonds. The molecular formula is C14H22ClNO. The zero-order chi connectivity index (χ0) is 12.3. The van der Waals surface area contributed by atoms with E-state index in [-0.39, 0.29) is 0 Å². The van der Waals surface area contributed by atoms with Crippen LogP contribution in [0.15, 0.2) is 30.3 Å². The zero-order valence-electron chi connectivity index (χ0n) is 10.5. The molecule has 17 heavy (non-hydrogen) atoms. The monoisotopic (exact) mass is 255 g/mol. The lowest BCUT2D eigenvalue weighted by Gasteiger charge is -2.09. The molecule has 1 N–H and O–H groups in total. The number of benzene rings is 1. The Balaban J connectivity index is 1.91. The molecule has 3 heteroatoms. The first kappa shape index (κ1) is 14.3. The predicted octanol–water partition coefficient (Wildman–Crippen LogP) is 3.31. The van der Waals surface area contributed by atoms with Gasteiger partial charge in [0.15, 0.2) is 0 Å². The van der Waals surface area contributed by atoms with Gasteiger partial charge in [0.1, 0.15) is 12.4 Å². The molecule has 1 unspecified atom stereocenters. The Kier molecular flexibility index (Phi) is 7.85. The topological polar surface area (TPSA) is 21.3 Å².